The van der Waals surface area contributed by atoms with Gasteiger partial charge in [0.25, 0.3) is 0 Å². The average molecular weight is 872 g/mol. The van der Waals surface area contributed by atoms with Gasteiger partial charge in [0.2, 0.25) is 5.91 Å². The molecule has 59 heavy (non-hydrogen) atoms. The van der Waals surface area contributed by atoms with E-state index in [4.69, 9.17) is 37.9 Å². The third kappa shape index (κ3) is 11.2. The van der Waals surface area contributed by atoms with Crippen LogP contribution in [0.15, 0.2) is 0 Å². The predicted octanol–water partition coefficient (Wildman–Crippen LogP) is -12.1. The van der Waals surface area contributed by atoms with Crippen LogP contribution in [0.4, 0.5) is 0 Å². The summed E-state index contributed by atoms with van der Waals surface area (Å²) >= 11 is 0. The highest BCUT2D eigenvalue weighted by atomic mass is 16.8. The Bertz CT molecular complexity index is 1280. The number of carbonyl (C=O) groups is 1. The Balaban J connectivity index is 1.53. The molecule has 0 aromatic heterocycles. The lowest BCUT2D eigenvalue weighted by atomic mass is 9.95. The molecule has 18 N–H and O–H groups in total. The summed E-state index contributed by atoms with van der Waals surface area (Å²) < 4.78 is 44.4. The van der Waals surface area contributed by atoms with Gasteiger partial charge in [-0.1, -0.05) is 0 Å². The van der Waals surface area contributed by atoms with Crippen LogP contribution in [-0.2, 0) is 42.7 Å². The molecule has 0 aliphatic carbocycles. The molecule has 27 heteroatoms. The van der Waals surface area contributed by atoms with Gasteiger partial charge in [-0.3, -0.25) is 4.79 Å². The minimum atomic E-state index is -2.20. The molecular weight excluding hydrogens is 814 g/mol. The zero-order valence-corrected chi connectivity index (χ0v) is 31.4. The summed E-state index contributed by atoms with van der Waals surface area (Å²) in [6.07, 6.45) is -44.1. The third-order valence-corrected chi connectivity index (χ3v) is 10.4. The van der Waals surface area contributed by atoms with E-state index in [9.17, 15) is 91.6 Å². The maximum atomic E-state index is 11.9. The first kappa shape index (κ1) is 50.1. The third-order valence-electron chi connectivity index (χ3n) is 10.4. The van der Waals surface area contributed by atoms with Gasteiger partial charge in [-0.05, 0) is 0 Å². The molecule has 0 unspecified atom stereocenters. The van der Waals surface area contributed by atoms with Gasteiger partial charge in [-0.2, -0.15) is 0 Å². The summed E-state index contributed by atoms with van der Waals surface area (Å²) in [5.41, 5.74) is 0. The van der Waals surface area contributed by atoms with Crippen molar-refractivity contribution in [3.8, 4) is 0 Å². The van der Waals surface area contributed by atoms with Crippen LogP contribution in [0, 0.1) is 0 Å². The molecular formula is C32H57NO26. The van der Waals surface area contributed by atoms with Gasteiger partial charge in [0, 0.05) is 6.92 Å². The number of amides is 1. The van der Waals surface area contributed by atoms with Crippen molar-refractivity contribution in [2.45, 2.75) is 154 Å². The summed E-state index contributed by atoms with van der Waals surface area (Å²) in [6, 6.07) is -1.51. The van der Waals surface area contributed by atoms with Gasteiger partial charge in [0.05, 0.1) is 39.6 Å². The van der Waals surface area contributed by atoms with Crippen molar-refractivity contribution in [3.63, 3.8) is 0 Å². The van der Waals surface area contributed by atoms with E-state index in [-0.39, 0.29) is 0 Å². The molecule has 4 aliphatic heterocycles. The Labute approximate surface area is 334 Å². The van der Waals surface area contributed by atoms with E-state index in [1.165, 1.54) is 0 Å². The topological polar surface area (TPSA) is 447 Å². The number of hydrogen-bond donors (Lipinski definition) is 18. The van der Waals surface area contributed by atoms with Crippen LogP contribution >= 0.6 is 0 Å². The number of aliphatic hydroxyl groups excluding tert-OH is 17. The number of hydrogen-bond acceptors (Lipinski definition) is 26. The van der Waals surface area contributed by atoms with E-state index in [2.05, 4.69) is 5.32 Å². The summed E-state index contributed by atoms with van der Waals surface area (Å²) in [5.74, 6) is -0.714. The first-order valence-corrected chi connectivity index (χ1v) is 18.5. The number of aliphatic hydroxyl groups is 17. The monoisotopic (exact) mass is 871 g/mol. The quantitative estimate of drug-likeness (QED) is 0.0608. The lowest BCUT2D eigenvalue weighted by Crippen LogP contribution is -2.69. The van der Waals surface area contributed by atoms with Crippen LogP contribution in [-0.4, -0.2) is 280 Å². The van der Waals surface area contributed by atoms with Crippen LogP contribution in [0.5, 0.6) is 0 Å². The lowest BCUT2D eigenvalue weighted by molar-refractivity contribution is -0.389. The van der Waals surface area contributed by atoms with Gasteiger partial charge < -0.3 is 130 Å². The van der Waals surface area contributed by atoms with Crippen LogP contribution in [0.3, 0.4) is 0 Å². The van der Waals surface area contributed by atoms with Crippen LogP contribution in [0.1, 0.15) is 6.92 Å². The number of rotatable bonds is 18. The Morgan fingerprint density at radius 2 is 0.932 bits per heavy atom. The molecule has 0 radical (unpaired) electrons. The SMILES string of the molecule is CC(=O)N[C@H]1[C@H](O[C@H]2[C@H](O)[C@@H](O)[C@H](O[C@@H]3[C@@H](O)[C@H](O[C@@H]4[C@@H](O)[C@H](O[C@@H]([C@H](O)[C@H](O)CO)[C@@H](O)CO)O[C@H](CO)[C@H]4O)O[C@H](CO)[C@H]3O)O[C@@H]2CO)O[C@H](CO)[C@@H](O)[C@@H]1O. The Morgan fingerprint density at radius 3 is 1.42 bits per heavy atom. The van der Waals surface area contributed by atoms with E-state index >= 15 is 0 Å². The van der Waals surface area contributed by atoms with Crippen molar-refractivity contribution in [1.29, 1.82) is 0 Å². The second-order valence-electron chi connectivity index (χ2n) is 14.4. The van der Waals surface area contributed by atoms with Gasteiger partial charge in [0.15, 0.2) is 25.2 Å². The number of carbonyl (C=O) groups excluding carboxylic acids is 1. The van der Waals surface area contributed by atoms with Crippen molar-refractivity contribution in [2.24, 2.45) is 0 Å². The summed E-state index contributed by atoms with van der Waals surface area (Å²) in [4.78, 5) is 11.9. The summed E-state index contributed by atoms with van der Waals surface area (Å²) in [7, 11) is 0. The molecule has 0 bridgehead atoms. The zero-order chi connectivity index (χ0) is 44.0. The molecule has 1 amide bonds. The minimum Gasteiger partial charge on any atom is -0.394 e. The van der Waals surface area contributed by atoms with E-state index in [1.807, 2.05) is 0 Å². The molecule has 0 aromatic carbocycles. The van der Waals surface area contributed by atoms with Gasteiger partial charge in [-0.15, -0.1) is 0 Å². The normalized spacial score (nSPS) is 45.3. The van der Waals surface area contributed by atoms with Gasteiger partial charge in [0.1, 0.15) is 122 Å². The minimum absolute atomic E-state index is 0.714. The van der Waals surface area contributed by atoms with Crippen molar-refractivity contribution in [3.05, 3.63) is 0 Å². The fourth-order valence-electron chi connectivity index (χ4n) is 7.02. The van der Waals surface area contributed by atoms with Crippen LogP contribution in [0.2, 0.25) is 0 Å². The van der Waals surface area contributed by atoms with Crippen molar-refractivity contribution >= 4 is 5.91 Å². The molecule has 4 rings (SSSR count). The number of nitrogens with one attached hydrogen (secondary N) is 1. The van der Waals surface area contributed by atoms with E-state index < -0.39 is 193 Å². The molecule has 0 spiro atoms. The van der Waals surface area contributed by atoms with E-state index in [0.29, 0.717) is 0 Å². The standard InChI is InChI=1S/C32H57NO26/c1-8(40)33-15-20(47)17(44)11(4-36)52-29(15)57-26-14(7-39)55-30(22(49)21(26)48)58-27-18(45)13(6-38)54-32(24(27)51)59-28-19(46)12(5-37)53-31(23(28)50)56-25(10(42)3-35)16(43)9(41)2-34/h9-32,34-39,41-51H,2-7H2,1H3,(H,33,40)/t9-,10+,11-,12-,13-,14-,15-,16-,17-,18-,19-,20-,21-,22-,23-,24-,25-,26-,27+,28+,29+,30+,31+,32+/m1/s1. The van der Waals surface area contributed by atoms with Crippen molar-refractivity contribution in [2.75, 3.05) is 39.6 Å². The van der Waals surface area contributed by atoms with Crippen LogP contribution < -0.4 is 5.32 Å². The van der Waals surface area contributed by atoms with Gasteiger partial charge in [-0.25, -0.2) is 0 Å². The molecule has 0 saturated carbocycles. The van der Waals surface area contributed by atoms with Crippen molar-refractivity contribution in [1.82, 2.24) is 5.32 Å². The molecule has 346 valence electrons. The molecule has 24 atom stereocenters. The highest BCUT2D eigenvalue weighted by Gasteiger charge is 2.56. The predicted molar refractivity (Wildman–Crippen MR) is 180 cm³/mol. The smallest absolute Gasteiger partial charge is 0.217 e. The fraction of sp³-hybridized carbons (Fsp3) is 0.969. The summed E-state index contributed by atoms with van der Waals surface area (Å²) in [6.45, 7) is -4.83. The summed E-state index contributed by atoms with van der Waals surface area (Å²) in [5, 5.41) is 179. The lowest BCUT2D eigenvalue weighted by Gasteiger charge is -2.49. The van der Waals surface area contributed by atoms with Crippen LogP contribution in [0.25, 0.3) is 0 Å². The number of ether oxygens (including phenoxy) is 8. The van der Waals surface area contributed by atoms with E-state index in [1.54, 1.807) is 0 Å². The first-order valence-electron chi connectivity index (χ1n) is 18.5. The molecule has 27 nitrogen and oxygen atoms in total. The Morgan fingerprint density at radius 1 is 0.508 bits per heavy atom. The fourth-order valence-corrected chi connectivity index (χ4v) is 7.02. The van der Waals surface area contributed by atoms with E-state index in [0.717, 1.165) is 6.92 Å². The Hall–Kier alpha value is -1.53. The highest BCUT2D eigenvalue weighted by molar-refractivity contribution is 5.73. The second kappa shape index (κ2) is 22.2. The molecule has 4 aliphatic rings. The average Bonchev–Trinajstić information content (AvgIpc) is 3.22. The Kier molecular flexibility index (Phi) is 18.9. The zero-order valence-electron chi connectivity index (χ0n) is 31.4. The highest BCUT2D eigenvalue weighted by Crippen LogP contribution is 2.35. The largest absolute Gasteiger partial charge is 0.394 e. The molecule has 4 saturated heterocycles. The second-order valence-corrected chi connectivity index (χ2v) is 14.4. The molecule has 4 heterocycles. The van der Waals surface area contributed by atoms with Gasteiger partial charge >= 0.3 is 0 Å². The molecule has 0 aromatic rings. The maximum absolute atomic E-state index is 11.9. The molecule has 4 fully saturated rings. The first-order chi connectivity index (χ1) is 27.9. The van der Waals surface area contributed by atoms with Crippen molar-refractivity contribution < 1.29 is 130 Å². The maximum Gasteiger partial charge on any atom is 0.217 e.